The van der Waals surface area contributed by atoms with Crippen LogP contribution in [0.1, 0.15) is 0 Å². The lowest BCUT2D eigenvalue weighted by molar-refractivity contribution is -0.126. The Morgan fingerprint density at radius 2 is 2.06 bits per heavy atom. The minimum Gasteiger partial charge on any atom is -0.324 e. The summed E-state index contributed by atoms with van der Waals surface area (Å²) in [5.41, 5.74) is 0.377. The highest BCUT2D eigenvalue weighted by Crippen LogP contribution is 2.23. The zero-order valence-corrected chi connectivity index (χ0v) is 11.9. The number of halogens is 5. The minimum absolute atomic E-state index is 0.333. The quantitative estimate of drug-likeness (QED) is 0.774. The van der Waals surface area contributed by atoms with Gasteiger partial charge in [0.15, 0.2) is 0 Å². The Labute approximate surface area is 120 Å². The first-order valence-corrected chi connectivity index (χ1v) is 6.26. The average Bonchev–Trinajstić information content (AvgIpc) is 2.21. The SMILES string of the molecule is O=C(CNCC(F)(F)F)Nc1cc(I)ccc1Cl. The average molecular weight is 393 g/mol. The van der Waals surface area contributed by atoms with Gasteiger partial charge >= 0.3 is 6.18 Å². The molecule has 18 heavy (non-hydrogen) atoms. The molecule has 0 radical (unpaired) electrons. The third-order valence-electron chi connectivity index (χ3n) is 1.81. The molecular formula is C10H9ClF3IN2O. The third kappa shape index (κ3) is 5.87. The summed E-state index contributed by atoms with van der Waals surface area (Å²) in [7, 11) is 0. The van der Waals surface area contributed by atoms with Crippen LogP contribution in [0.3, 0.4) is 0 Å². The monoisotopic (exact) mass is 392 g/mol. The van der Waals surface area contributed by atoms with E-state index < -0.39 is 25.2 Å². The zero-order chi connectivity index (χ0) is 13.8. The van der Waals surface area contributed by atoms with Crippen molar-refractivity contribution in [3.05, 3.63) is 26.8 Å². The molecule has 1 aromatic rings. The van der Waals surface area contributed by atoms with Gasteiger partial charge in [0.1, 0.15) is 0 Å². The lowest BCUT2D eigenvalue weighted by Gasteiger charge is -2.10. The molecule has 8 heteroatoms. The second kappa shape index (κ2) is 6.58. The molecule has 1 rings (SSSR count). The molecule has 2 N–H and O–H groups in total. The van der Waals surface area contributed by atoms with E-state index in [2.05, 4.69) is 5.32 Å². The number of nitrogens with one attached hydrogen (secondary N) is 2. The molecule has 0 heterocycles. The Balaban J connectivity index is 2.47. The number of amides is 1. The van der Waals surface area contributed by atoms with E-state index >= 15 is 0 Å². The Morgan fingerprint density at radius 1 is 1.39 bits per heavy atom. The highest BCUT2D eigenvalue weighted by Gasteiger charge is 2.26. The Bertz CT molecular complexity index is 440. The number of rotatable bonds is 4. The molecule has 0 saturated carbocycles. The van der Waals surface area contributed by atoms with Crippen LogP contribution in [-0.4, -0.2) is 25.2 Å². The maximum absolute atomic E-state index is 11.8. The molecule has 0 aliphatic rings. The van der Waals surface area contributed by atoms with Crippen molar-refractivity contribution >= 4 is 45.8 Å². The Kier molecular flexibility index (Phi) is 5.67. The van der Waals surface area contributed by atoms with Crippen LogP contribution >= 0.6 is 34.2 Å². The van der Waals surface area contributed by atoms with Gasteiger partial charge in [-0.1, -0.05) is 11.6 Å². The number of hydrogen-bond acceptors (Lipinski definition) is 2. The van der Waals surface area contributed by atoms with E-state index in [9.17, 15) is 18.0 Å². The summed E-state index contributed by atoms with van der Waals surface area (Å²) in [5.74, 6) is -0.580. The highest BCUT2D eigenvalue weighted by atomic mass is 127. The molecule has 0 aliphatic carbocycles. The molecule has 0 aliphatic heterocycles. The van der Waals surface area contributed by atoms with Gasteiger partial charge < -0.3 is 10.6 Å². The van der Waals surface area contributed by atoms with E-state index in [1.54, 1.807) is 18.2 Å². The van der Waals surface area contributed by atoms with Crippen molar-refractivity contribution in [2.75, 3.05) is 18.4 Å². The molecule has 0 aromatic heterocycles. The first kappa shape index (κ1) is 15.5. The van der Waals surface area contributed by atoms with Crippen LogP contribution < -0.4 is 10.6 Å². The molecule has 0 fully saturated rings. The first-order valence-electron chi connectivity index (χ1n) is 4.80. The standard InChI is InChI=1S/C10H9ClF3IN2O/c11-7-2-1-6(15)3-8(7)17-9(18)4-16-5-10(12,13)14/h1-3,16H,4-5H2,(H,17,18). The number of carbonyl (C=O) groups excluding carboxylic acids is 1. The lowest BCUT2D eigenvalue weighted by atomic mass is 10.3. The van der Waals surface area contributed by atoms with Gasteiger partial charge in [-0.3, -0.25) is 4.79 Å². The maximum atomic E-state index is 11.8. The third-order valence-corrected chi connectivity index (χ3v) is 2.81. The van der Waals surface area contributed by atoms with Crippen LogP contribution in [0, 0.1) is 3.57 Å². The lowest BCUT2D eigenvalue weighted by Crippen LogP contribution is -2.35. The largest absolute Gasteiger partial charge is 0.401 e. The van der Waals surface area contributed by atoms with Crippen molar-refractivity contribution in [2.24, 2.45) is 0 Å². The summed E-state index contributed by atoms with van der Waals surface area (Å²) in [6, 6.07) is 4.98. The summed E-state index contributed by atoms with van der Waals surface area (Å²) < 4.78 is 36.4. The van der Waals surface area contributed by atoms with Crippen LogP contribution in [0.4, 0.5) is 18.9 Å². The van der Waals surface area contributed by atoms with Crippen molar-refractivity contribution in [3.63, 3.8) is 0 Å². The first-order chi connectivity index (χ1) is 8.28. The summed E-state index contributed by atoms with van der Waals surface area (Å²) >= 11 is 7.86. The van der Waals surface area contributed by atoms with Gasteiger partial charge in [0.25, 0.3) is 0 Å². The molecule has 100 valence electrons. The van der Waals surface area contributed by atoms with E-state index in [-0.39, 0.29) is 0 Å². The fourth-order valence-electron chi connectivity index (χ4n) is 1.11. The molecule has 0 spiro atoms. The van der Waals surface area contributed by atoms with E-state index in [1.165, 1.54) is 0 Å². The smallest absolute Gasteiger partial charge is 0.324 e. The second-order valence-electron chi connectivity index (χ2n) is 3.39. The number of hydrogen-bond donors (Lipinski definition) is 2. The summed E-state index contributed by atoms with van der Waals surface area (Å²) in [6.45, 7) is -1.64. The predicted molar refractivity (Wildman–Crippen MR) is 71.7 cm³/mol. The zero-order valence-electron chi connectivity index (χ0n) is 8.94. The van der Waals surface area contributed by atoms with Crippen molar-refractivity contribution in [2.45, 2.75) is 6.18 Å². The van der Waals surface area contributed by atoms with Crippen LogP contribution in [-0.2, 0) is 4.79 Å². The number of carbonyl (C=O) groups is 1. The molecule has 0 bridgehead atoms. The second-order valence-corrected chi connectivity index (χ2v) is 5.04. The summed E-state index contributed by atoms with van der Waals surface area (Å²) in [4.78, 5) is 11.4. The van der Waals surface area contributed by atoms with Gasteiger partial charge in [-0.05, 0) is 40.8 Å². The Morgan fingerprint density at radius 3 is 2.67 bits per heavy atom. The van der Waals surface area contributed by atoms with Gasteiger partial charge in [-0.15, -0.1) is 0 Å². The molecular weight excluding hydrogens is 383 g/mol. The molecule has 1 amide bonds. The predicted octanol–water partition coefficient (Wildman–Crippen LogP) is 3.04. The molecule has 1 aromatic carbocycles. The number of anilines is 1. The van der Waals surface area contributed by atoms with Crippen molar-refractivity contribution in [1.82, 2.24) is 5.32 Å². The minimum atomic E-state index is -4.33. The van der Waals surface area contributed by atoms with Gasteiger partial charge in [0, 0.05) is 3.57 Å². The van der Waals surface area contributed by atoms with E-state index in [0.717, 1.165) is 3.57 Å². The molecule has 3 nitrogen and oxygen atoms in total. The van der Waals surface area contributed by atoms with E-state index in [0.29, 0.717) is 10.7 Å². The van der Waals surface area contributed by atoms with Crippen molar-refractivity contribution < 1.29 is 18.0 Å². The van der Waals surface area contributed by atoms with Gasteiger partial charge in [-0.2, -0.15) is 13.2 Å². The Hall–Kier alpha value is -0.540. The van der Waals surface area contributed by atoms with Crippen molar-refractivity contribution in [1.29, 1.82) is 0 Å². The summed E-state index contributed by atoms with van der Waals surface area (Å²) in [5, 5.41) is 4.76. The molecule has 0 atom stereocenters. The van der Waals surface area contributed by atoms with Gasteiger partial charge in [0.05, 0.1) is 23.8 Å². The van der Waals surface area contributed by atoms with E-state index in [4.69, 9.17) is 11.6 Å². The fraction of sp³-hybridized carbons (Fsp3) is 0.300. The normalized spacial score (nSPS) is 11.4. The van der Waals surface area contributed by atoms with Crippen LogP contribution in [0.2, 0.25) is 5.02 Å². The topological polar surface area (TPSA) is 41.1 Å². The van der Waals surface area contributed by atoms with Gasteiger partial charge in [0.2, 0.25) is 5.91 Å². The fourth-order valence-corrected chi connectivity index (χ4v) is 1.76. The number of benzene rings is 1. The van der Waals surface area contributed by atoms with Gasteiger partial charge in [-0.25, -0.2) is 0 Å². The van der Waals surface area contributed by atoms with E-state index in [1.807, 2.05) is 27.9 Å². The molecule has 0 unspecified atom stereocenters. The highest BCUT2D eigenvalue weighted by molar-refractivity contribution is 14.1. The summed E-state index contributed by atoms with van der Waals surface area (Å²) in [6.07, 6.45) is -4.33. The van der Waals surface area contributed by atoms with Crippen LogP contribution in [0.5, 0.6) is 0 Å². The molecule has 0 saturated heterocycles. The maximum Gasteiger partial charge on any atom is 0.401 e. The van der Waals surface area contributed by atoms with Crippen LogP contribution in [0.15, 0.2) is 18.2 Å². The van der Waals surface area contributed by atoms with Crippen molar-refractivity contribution in [3.8, 4) is 0 Å². The van der Waals surface area contributed by atoms with Crippen LogP contribution in [0.25, 0.3) is 0 Å². The number of alkyl halides is 3.